The van der Waals surface area contributed by atoms with Gasteiger partial charge in [-0.05, 0) is 44.2 Å². The summed E-state index contributed by atoms with van der Waals surface area (Å²) in [7, 11) is 4.15. The van der Waals surface area contributed by atoms with Crippen LogP contribution in [0.1, 0.15) is 51.9 Å². The number of hydrogen-bond acceptors (Lipinski definition) is 2. The number of rotatable bonds is 6. The summed E-state index contributed by atoms with van der Waals surface area (Å²) in [6.07, 6.45) is 12.0. The highest BCUT2D eigenvalue weighted by atomic mass is 32.2. The molecule has 2 atom stereocenters. The van der Waals surface area contributed by atoms with Crippen LogP contribution in [0.2, 0.25) is 0 Å². The molecule has 2 nitrogen and oxygen atoms in total. The van der Waals surface area contributed by atoms with Gasteiger partial charge in [-0.2, -0.15) is 10.9 Å². The first kappa shape index (κ1) is 15.8. The summed E-state index contributed by atoms with van der Waals surface area (Å²) < 4.78 is 0. The summed E-state index contributed by atoms with van der Waals surface area (Å²) in [5.41, 5.74) is 0. The van der Waals surface area contributed by atoms with Crippen molar-refractivity contribution in [1.82, 2.24) is 4.90 Å². The lowest BCUT2D eigenvalue weighted by molar-refractivity contribution is -0.126. The maximum Gasteiger partial charge on any atom is 0.136 e. The number of thiol groups is 1. The molecule has 0 aromatic carbocycles. The lowest BCUT2D eigenvalue weighted by Crippen LogP contribution is -2.49. The van der Waals surface area contributed by atoms with Crippen LogP contribution in [0, 0.1) is 5.92 Å². The van der Waals surface area contributed by atoms with Crippen LogP contribution in [-0.4, -0.2) is 29.6 Å². The number of allylic oxidation sites excluding steroid dienone is 2. The van der Waals surface area contributed by atoms with E-state index in [2.05, 4.69) is 48.9 Å². The third kappa shape index (κ3) is 3.20. The van der Waals surface area contributed by atoms with Crippen molar-refractivity contribution in [2.75, 3.05) is 14.1 Å². The molecule has 1 aliphatic heterocycles. The fourth-order valence-electron chi connectivity index (χ4n) is 3.53. The Morgan fingerprint density at radius 1 is 1.30 bits per heavy atom. The fraction of sp³-hybridized carbons (Fsp3) is 0.706. The van der Waals surface area contributed by atoms with Crippen LogP contribution in [0.3, 0.4) is 0 Å². The summed E-state index contributed by atoms with van der Waals surface area (Å²) in [5.74, 6) is 0.809. The van der Waals surface area contributed by atoms with E-state index in [9.17, 15) is 4.79 Å². The zero-order valence-corrected chi connectivity index (χ0v) is 14.0. The Kier molecular flexibility index (Phi) is 5.50. The number of ketones is 1. The van der Waals surface area contributed by atoms with Gasteiger partial charge in [-0.1, -0.05) is 38.3 Å². The van der Waals surface area contributed by atoms with E-state index >= 15 is 0 Å². The number of unbranched alkanes of at least 4 members (excludes halogenated alkanes) is 2. The maximum atomic E-state index is 12.3. The Balaban J connectivity index is 2.10. The van der Waals surface area contributed by atoms with E-state index in [1.807, 2.05) is 0 Å². The van der Waals surface area contributed by atoms with Crippen molar-refractivity contribution in [2.24, 2.45) is 5.92 Å². The SMILES string of the molecule is CCCCCC1CC(N(C)C)([SH]2C=CC=C2)CCC1=O. The first-order chi connectivity index (χ1) is 9.60. The van der Waals surface area contributed by atoms with Gasteiger partial charge in [0.25, 0.3) is 0 Å². The molecule has 1 heterocycles. The second-order valence-electron chi connectivity index (χ2n) is 6.33. The van der Waals surface area contributed by atoms with E-state index in [1.165, 1.54) is 19.3 Å². The smallest absolute Gasteiger partial charge is 0.136 e. The largest absolute Gasteiger partial charge is 0.299 e. The molecule has 114 valence electrons. The highest BCUT2D eigenvalue weighted by molar-refractivity contribution is 8.23. The van der Waals surface area contributed by atoms with Gasteiger partial charge in [0, 0.05) is 12.3 Å². The summed E-state index contributed by atoms with van der Waals surface area (Å²) >= 11 is 0. The molecular formula is C17H29NOS. The summed E-state index contributed by atoms with van der Waals surface area (Å²) in [5, 5.41) is 4.74. The van der Waals surface area contributed by atoms with E-state index in [0.29, 0.717) is 11.7 Å². The third-order valence-corrected chi connectivity index (χ3v) is 7.63. The lowest BCUT2D eigenvalue weighted by atomic mass is 9.80. The number of carbonyl (C=O) groups is 1. The Bertz CT molecular complexity index is 390. The van der Waals surface area contributed by atoms with Gasteiger partial charge < -0.3 is 0 Å². The quantitative estimate of drug-likeness (QED) is 0.584. The van der Waals surface area contributed by atoms with Crippen molar-refractivity contribution in [1.29, 1.82) is 0 Å². The van der Waals surface area contributed by atoms with Crippen molar-refractivity contribution in [3.63, 3.8) is 0 Å². The monoisotopic (exact) mass is 295 g/mol. The highest BCUT2D eigenvalue weighted by Crippen LogP contribution is 2.55. The zero-order valence-electron chi connectivity index (χ0n) is 13.1. The third-order valence-electron chi connectivity index (χ3n) is 4.87. The number of carbonyl (C=O) groups excluding carboxylic acids is 1. The minimum absolute atomic E-state index is 0.212. The standard InChI is InChI=1S/C17H29NOS/c1-4-5-6-9-15-14-17(18(2)3,11-10-16(15)19)20-12-7-8-13-20/h7-8,12-13,15,20H,4-6,9-11,14H2,1-3H3. The van der Waals surface area contributed by atoms with Crippen molar-refractivity contribution in [3.8, 4) is 0 Å². The predicted molar refractivity (Wildman–Crippen MR) is 90.2 cm³/mol. The van der Waals surface area contributed by atoms with Crippen molar-refractivity contribution >= 4 is 16.7 Å². The van der Waals surface area contributed by atoms with Crippen LogP contribution in [-0.2, 0) is 4.79 Å². The molecule has 1 fully saturated rings. The van der Waals surface area contributed by atoms with E-state index in [4.69, 9.17) is 0 Å². The summed E-state index contributed by atoms with van der Waals surface area (Å²) in [4.78, 5) is 14.9. The molecule has 2 aliphatic rings. The first-order valence-electron chi connectivity index (χ1n) is 7.94. The average molecular weight is 295 g/mol. The van der Waals surface area contributed by atoms with E-state index in [-0.39, 0.29) is 15.8 Å². The fourth-order valence-corrected chi connectivity index (χ4v) is 6.01. The van der Waals surface area contributed by atoms with Gasteiger partial charge in [0.1, 0.15) is 5.78 Å². The molecule has 0 saturated heterocycles. The van der Waals surface area contributed by atoms with Gasteiger partial charge in [0.15, 0.2) is 0 Å². The molecule has 0 radical (unpaired) electrons. The Labute approximate surface area is 126 Å². The van der Waals surface area contributed by atoms with E-state index < -0.39 is 0 Å². The van der Waals surface area contributed by atoms with Gasteiger partial charge in [-0.15, -0.1) is 0 Å². The molecule has 0 bridgehead atoms. The van der Waals surface area contributed by atoms with Gasteiger partial charge in [-0.3, -0.25) is 9.69 Å². The molecule has 3 heteroatoms. The Morgan fingerprint density at radius 2 is 2.00 bits per heavy atom. The van der Waals surface area contributed by atoms with Gasteiger partial charge in [0.2, 0.25) is 0 Å². The summed E-state index contributed by atoms with van der Waals surface area (Å²) in [6.45, 7) is 2.23. The molecule has 0 amide bonds. The van der Waals surface area contributed by atoms with Crippen LogP contribution < -0.4 is 0 Å². The molecule has 2 rings (SSSR count). The normalized spacial score (nSPS) is 31.5. The van der Waals surface area contributed by atoms with E-state index in [0.717, 1.165) is 25.7 Å². The molecule has 2 unspecified atom stereocenters. The molecule has 1 aliphatic carbocycles. The Morgan fingerprint density at radius 3 is 2.60 bits per heavy atom. The van der Waals surface area contributed by atoms with Crippen LogP contribution in [0.15, 0.2) is 23.0 Å². The van der Waals surface area contributed by atoms with Crippen molar-refractivity contribution in [2.45, 2.75) is 56.7 Å². The molecular weight excluding hydrogens is 266 g/mol. The van der Waals surface area contributed by atoms with Crippen LogP contribution in [0.5, 0.6) is 0 Å². The number of nitrogens with zero attached hydrogens (tertiary/aromatic N) is 1. The van der Waals surface area contributed by atoms with E-state index in [1.54, 1.807) is 0 Å². The minimum Gasteiger partial charge on any atom is -0.299 e. The maximum absolute atomic E-state index is 12.3. The predicted octanol–water partition coefficient (Wildman–Crippen LogP) is 4.24. The van der Waals surface area contributed by atoms with Crippen LogP contribution >= 0.6 is 10.9 Å². The molecule has 0 aromatic heterocycles. The molecule has 0 spiro atoms. The van der Waals surface area contributed by atoms with Gasteiger partial charge in [0.05, 0.1) is 4.87 Å². The Hall–Kier alpha value is -0.540. The summed E-state index contributed by atoms with van der Waals surface area (Å²) in [6, 6.07) is 0. The molecule has 1 saturated carbocycles. The second kappa shape index (κ2) is 6.95. The van der Waals surface area contributed by atoms with Crippen LogP contribution in [0.25, 0.3) is 0 Å². The molecule has 0 N–H and O–H groups in total. The van der Waals surface area contributed by atoms with Crippen molar-refractivity contribution < 1.29 is 4.79 Å². The zero-order chi connectivity index (χ0) is 14.6. The van der Waals surface area contributed by atoms with Gasteiger partial charge in [-0.25, -0.2) is 0 Å². The van der Waals surface area contributed by atoms with Gasteiger partial charge >= 0.3 is 0 Å². The molecule has 20 heavy (non-hydrogen) atoms. The minimum atomic E-state index is -0.239. The highest BCUT2D eigenvalue weighted by Gasteiger charge is 2.44. The molecule has 0 aromatic rings. The number of Topliss-reactive ketones (excluding diaryl/α,β-unsaturated/α-hetero) is 1. The topological polar surface area (TPSA) is 20.3 Å². The lowest BCUT2D eigenvalue weighted by Gasteiger charge is -2.49. The number of hydrogen-bond donors (Lipinski definition) is 1. The average Bonchev–Trinajstić information content (AvgIpc) is 2.95. The first-order valence-corrected chi connectivity index (χ1v) is 9.42. The second-order valence-corrected chi connectivity index (χ2v) is 8.57. The van der Waals surface area contributed by atoms with Crippen molar-refractivity contribution in [3.05, 3.63) is 23.0 Å². The van der Waals surface area contributed by atoms with Crippen LogP contribution in [0.4, 0.5) is 0 Å².